The molecule has 106 valence electrons. The second-order valence-electron chi connectivity index (χ2n) is 4.74. The molecule has 7 heteroatoms. The monoisotopic (exact) mass is 285 g/mol. The van der Waals surface area contributed by atoms with Crippen molar-refractivity contribution in [3.63, 3.8) is 0 Å². The third-order valence-corrected chi connectivity index (χ3v) is 3.34. The first-order valence-corrected chi connectivity index (χ1v) is 6.35. The van der Waals surface area contributed by atoms with Gasteiger partial charge in [-0.25, -0.2) is 0 Å². The molecule has 0 amide bonds. The first kappa shape index (κ1) is 11.8. The number of hydrogen-bond acceptors (Lipinski definition) is 6. The van der Waals surface area contributed by atoms with Gasteiger partial charge in [-0.3, -0.25) is 0 Å². The summed E-state index contributed by atoms with van der Waals surface area (Å²) < 4.78 is 11.9. The van der Waals surface area contributed by atoms with E-state index in [0.717, 1.165) is 22.9 Å². The van der Waals surface area contributed by atoms with E-state index in [2.05, 4.69) is 10.1 Å². The Balaban J connectivity index is 1.74. The molecular formula is C14H11N3O4. The number of fused-ring (bicyclic) bond motifs is 2. The molecule has 2 aromatic heterocycles. The van der Waals surface area contributed by atoms with Crippen molar-refractivity contribution in [2.45, 2.75) is 6.42 Å². The van der Waals surface area contributed by atoms with E-state index in [4.69, 9.17) is 9.47 Å². The van der Waals surface area contributed by atoms with E-state index < -0.39 is 0 Å². The second-order valence-corrected chi connectivity index (χ2v) is 4.74. The van der Waals surface area contributed by atoms with Crippen LogP contribution in [0.5, 0.6) is 23.3 Å². The minimum absolute atomic E-state index is 0.158. The SMILES string of the molecule is Oc1cc(O)n2ncc(Cc3ccc4c(c3)OCO4)c2n1. The summed E-state index contributed by atoms with van der Waals surface area (Å²) in [4.78, 5) is 4.01. The minimum atomic E-state index is -0.243. The van der Waals surface area contributed by atoms with Crippen LogP contribution in [0.2, 0.25) is 0 Å². The lowest BCUT2D eigenvalue weighted by atomic mass is 10.1. The van der Waals surface area contributed by atoms with Gasteiger partial charge >= 0.3 is 0 Å². The molecule has 1 aliphatic heterocycles. The molecule has 21 heavy (non-hydrogen) atoms. The van der Waals surface area contributed by atoms with Gasteiger partial charge in [-0.05, 0) is 17.7 Å². The summed E-state index contributed by atoms with van der Waals surface area (Å²) in [5, 5.41) is 23.3. The highest BCUT2D eigenvalue weighted by Crippen LogP contribution is 2.33. The molecule has 1 aliphatic rings. The topological polar surface area (TPSA) is 89.1 Å². The Kier molecular flexibility index (Phi) is 2.41. The van der Waals surface area contributed by atoms with Crippen molar-refractivity contribution in [1.82, 2.24) is 14.6 Å². The molecule has 3 heterocycles. The summed E-state index contributed by atoms with van der Waals surface area (Å²) in [5.74, 6) is 1.04. The fourth-order valence-corrected chi connectivity index (χ4v) is 2.38. The number of hydrogen-bond donors (Lipinski definition) is 2. The lowest BCUT2D eigenvalue weighted by Gasteiger charge is -2.03. The average Bonchev–Trinajstić information content (AvgIpc) is 3.06. The maximum atomic E-state index is 9.72. The highest BCUT2D eigenvalue weighted by molar-refractivity contribution is 5.53. The Hall–Kier alpha value is -2.96. The molecule has 2 N–H and O–H groups in total. The molecule has 0 saturated heterocycles. The van der Waals surface area contributed by atoms with E-state index in [-0.39, 0.29) is 18.6 Å². The van der Waals surface area contributed by atoms with E-state index >= 15 is 0 Å². The Labute approximate surface area is 119 Å². The first-order valence-electron chi connectivity index (χ1n) is 6.35. The van der Waals surface area contributed by atoms with E-state index in [1.54, 1.807) is 6.20 Å². The number of ether oxygens (including phenoxy) is 2. The second kappa shape index (κ2) is 4.27. The molecule has 0 fully saturated rings. The van der Waals surface area contributed by atoms with Crippen LogP contribution in [-0.4, -0.2) is 31.6 Å². The van der Waals surface area contributed by atoms with Crippen LogP contribution < -0.4 is 9.47 Å². The van der Waals surface area contributed by atoms with Crippen LogP contribution in [0.1, 0.15) is 11.1 Å². The van der Waals surface area contributed by atoms with E-state index in [1.807, 2.05) is 18.2 Å². The van der Waals surface area contributed by atoms with Crippen molar-refractivity contribution in [1.29, 1.82) is 0 Å². The van der Waals surface area contributed by atoms with E-state index in [1.165, 1.54) is 4.52 Å². The van der Waals surface area contributed by atoms with Gasteiger partial charge in [-0.2, -0.15) is 14.6 Å². The maximum absolute atomic E-state index is 9.72. The van der Waals surface area contributed by atoms with Crippen LogP contribution in [0.4, 0.5) is 0 Å². The van der Waals surface area contributed by atoms with Gasteiger partial charge in [0.15, 0.2) is 17.1 Å². The fraction of sp³-hybridized carbons (Fsp3) is 0.143. The number of nitrogens with zero attached hydrogens (tertiary/aromatic N) is 3. The molecule has 1 aromatic carbocycles. The van der Waals surface area contributed by atoms with Crippen LogP contribution in [0.3, 0.4) is 0 Å². The first-order chi connectivity index (χ1) is 10.2. The van der Waals surface area contributed by atoms with Gasteiger partial charge in [0.1, 0.15) is 0 Å². The number of benzene rings is 1. The van der Waals surface area contributed by atoms with Crippen LogP contribution in [0, 0.1) is 0 Å². The summed E-state index contributed by atoms with van der Waals surface area (Å²) >= 11 is 0. The number of aromatic hydroxyl groups is 2. The maximum Gasteiger partial charge on any atom is 0.231 e. The van der Waals surface area contributed by atoms with Gasteiger partial charge < -0.3 is 19.7 Å². The summed E-state index contributed by atoms with van der Waals surface area (Å²) in [5.41, 5.74) is 2.21. The largest absolute Gasteiger partial charge is 0.493 e. The highest BCUT2D eigenvalue weighted by Gasteiger charge is 2.15. The Morgan fingerprint density at radius 2 is 2.00 bits per heavy atom. The molecule has 3 aromatic rings. The standard InChI is InChI=1S/C14H11N3O4/c18-12-5-13(19)17-14(16-12)9(6-15-17)3-8-1-2-10-11(4-8)21-7-20-10/h1-2,4-6,19H,3,7H2,(H,16,18). The van der Waals surface area contributed by atoms with Crippen molar-refractivity contribution in [3.05, 3.63) is 41.6 Å². The van der Waals surface area contributed by atoms with Crippen molar-refractivity contribution < 1.29 is 19.7 Å². The summed E-state index contributed by atoms with van der Waals surface area (Å²) in [6, 6.07) is 6.82. The third-order valence-electron chi connectivity index (χ3n) is 3.34. The lowest BCUT2D eigenvalue weighted by Crippen LogP contribution is -1.94. The molecule has 4 rings (SSSR count). The average molecular weight is 285 g/mol. The molecule has 0 spiro atoms. The zero-order chi connectivity index (χ0) is 14.4. The molecule has 0 radical (unpaired) electrons. The summed E-state index contributed by atoms with van der Waals surface area (Å²) in [6.07, 6.45) is 2.17. The van der Waals surface area contributed by atoms with Gasteiger partial charge in [-0.15, -0.1) is 0 Å². The van der Waals surface area contributed by atoms with E-state index in [9.17, 15) is 10.2 Å². The zero-order valence-corrected chi connectivity index (χ0v) is 10.9. The molecule has 0 saturated carbocycles. The van der Waals surface area contributed by atoms with Gasteiger partial charge in [0, 0.05) is 12.0 Å². The number of rotatable bonds is 2. The lowest BCUT2D eigenvalue weighted by molar-refractivity contribution is 0.174. The van der Waals surface area contributed by atoms with Crippen LogP contribution in [-0.2, 0) is 6.42 Å². The van der Waals surface area contributed by atoms with Crippen LogP contribution in [0.15, 0.2) is 30.5 Å². The molecule has 7 nitrogen and oxygen atoms in total. The van der Waals surface area contributed by atoms with Crippen molar-refractivity contribution >= 4 is 5.65 Å². The normalized spacial score (nSPS) is 13.0. The molecule has 0 aliphatic carbocycles. The molecular weight excluding hydrogens is 274 g/mol. The van der Waals surface area contributed by atoms with Gasteiger partial charge in [-0.1, -0.05) is 6.07 Å². The predicted octanol–water partition coefficient (Wildman–Crippen LogP) is 1.46. The quantitative estimate of drug-likeness (QED) is 0.741. The fourth-order valence-electron chi connectivity index (χ4n) is 2.38. The van der Waals surface area contributed by atoms with Gasteiger partial charge in [0.25, 0.3) is 0 Å². The van der Waals surface area contributed by atoms with Crippen molar-refractivity contribution in [3.8, 4) is 23.3 Å². The molecule has 0 bridgehead atoms. The Bertz CT molecular complexity index is 844. The smallest absolute Gasteiger partial charge is 0.231 e. The Morgan fingerprint density at radius 3 is 2.90 bits per heavy atom. The molecule has 0 atom stereocenters. The van der Waals surface area contributed by atoms with Crippen molar-refractivity contribution in [2.75, 3.05) is 6.79 Å². The summed E-state index contributed by atoms with van der Waals surface area (Å²) in [7, 11) is 0. The van der Waals surface area contributed by atoms with E-state index in [0.29, 0.717) is 17.8 Å². The third kappa shape index (κ3) is 1.90. The molecule has 0 unspecified atom stereocenters. The summed E-state index contributed by atoms with van der Waals surface area (Å²) in [6.45, 7) is 0.235. The van der Waals surface area contributed by atoms with Gasteiger partial charge in [0.05, 0.1) is 12.3 Å². The van der Waals surface area contributed by atoms with Crippen LogP contribution in [0.25, 0.3) is 5.65 Å². The van der Waals surface area contributed by atoms with Crippen LogP contribution >= 0.6 is 0 Å². The highest BCUT2D eigenvalue weighted by atomic mass is 16.7. The minimum Gasteiger partial charge on any atom is -0.493 e. The zero-order valence-electron chi connectivity index (χ0n) is 10.9. The number of aromatic nitrogens is 3. The van der Waals surface area contributed by atoms with Gasteiger partial charge in [0.2, 0.25) is 18.6 Å². The van der Waals surface area contributed by atoms with Crippen molar-refractivity contribution in [2.24, 2.45) is 0 Å². The predicted molar refractivity (Wildman–Crippen MR) is 71.7 cm³/mol. The Morgan fingerprint density at radius 1 is 1.14 bits per heavy atom.